The third-order valence-electron chi connectivity index (χ3n) is 2.86. The average Bonchev–Trinajstić information content (AvgIpc) is 2.71. The highest BCUT2D eigenvalue weighted by Gasteiger charge is 2.09. The van der Waals surface area contributed by atoms with Gasteiger partial charge in [0, 0.05) is 22.0 Å². The molecule has 0 atom stereocenters. The van der Waals surface area contributed by atoms with E-state index < -0.39 is 0 Å². The summed E-state index contributed by atoms with van der Waals surface area (Å²) < 4.78 is 2.19. The molecule has 2 aromatic rings. The molecular formula is C14H21N3S. The molecule has 0 aromatic carbocycles. The molecule has 0 aliphatic carbocycles. The highest BCUT2D eigenvalue weighted by Crippen LogP contribution is 2.23. The Bertz CT molecular complexity index is 518. The van der Waals surface area contributed by atoms with Gasteiger partial charge < -0.3 is 9.88 Å². The molecule has 2 rings (SSSR count). The van der Waals surface area contributed by atoms with Gasteiger partial charge in [-0.25, -0.2) is 4.98 Å². The third kappa shape index (κ3) is 2.93. The second-order valence-corrected chi connectivity index (χ2v) is 6.43. The Kier molecular flexibility index (Phi) is 3.76. The number of nitrogens with one attached hydrogen (secondary N) is 1. The van der Waals surface area contributed by atoms with Gasteiger partial charge in [0.05, 0.1) is 12.2 Å². The maximum Gasteiger partial charge on any atom is 0.203 e. The van der Waals surface area contributed by atoms with Crippen LogP contribution in [0.1, 0.15) is 34.9 Å². The molecule has 98 valence electrons. The number of nitrogens with zero attached hydrogens (tertiary/aromatic N) is 2. The van der Waals surface area contributed by atoms with Gasteiger partial charge >= 0.3 is 0 Å². The van der Waals surface area contributed by atoms with Crippen molar-refractivity contribution >= 4 is 17.3 Å². The minimum Gasteiger partial charge on any atom is -0.353 e. The summed E-state index contributed by atoms with van der Waals surface area (Å²) in [5, 5.41) is 3.39. The first kappa shape index (κ1) is 13.1. The summed E-state index contributed by atoms with van der Waals surface area (Å²) in [6.45, 7) is 11.5. The lowest BCUT2D eigenvalue weighted by atomic mass is 10.3. The summed E-state index contributed by atoms with van der Waals surface area (Å²) in [5.74, 6) is 0.964. The van der Waals surface area contributed by atoms with E-state index in [9.17, 15) is 0 Å². The highest BCUT2D eigenvalue weighted by atomic mass is 32.1. The number of thiophene rings is 1. The Hall–Kier alpha value is -1.29. The van der Waals surface area contributed by atoms with E-state index in [0.717, 1.165) is 18.2 Å². The molecule has 0 saturated heterocycles. The zero-order chi connectivity index (χ0) is 13.3. The smallest absolute Gasteiger partial charge is 0.203 e. The summed E-state index contributed by atoms with van der Waals surface area (Å²) in [4.78, 5) is 7.32. The lowest BCUT2D eigenvalue weighted by Gasteiger charge is -2.11. The highest BCUT2D eigenvalue weighted by molar-refractivity contribution is 7.12. The van der Waals surface area contributed by atoms with Crippen molar-refractivity contribution in [1.82, 2.24) is 9.55 Å². The summed E-state index contributed by atoms with van der Waals surface area (Å²) >= 11 is 1.87. The maximum atomic E-state index is 4.53. The SMILES string of the molecule is Cc1cn(Cc2cc(C)c(C)s2)c(NC(C)C)n1. The quantitative estimate of drug-likeness (QED) is 0.910. The maximum absolute atomic E-state index is 4.53. The molecule has 0 bridgehead atoms. The first-order chi connectivity index (χ1) is 8.45. The van der Waals surface area contributed by atoms with Crippen molar-refractivity contribution in [2.24, 2.45) is 0 Å². The number of aryl methyl sites for hydroxylation is 3. The zero-order valence-corrected chi connectivity index (χ0v) is 12.6. The van der Waals surface area contributed by atoms with Crippen LogP contribution in [0.25, 0.3) is 0 Å². The van der Waals surface area contributed by atoms with Crippen LogP contribution < -0.4 is 5.32 Å². The van der Waals surface area contributed by atoms with E-state index in [1.165, 1.54) is 15.3 Å². The summed E-state index contributed by atoms with van der Waals surface area (Å²) in [7, 11) is 0. The van der Waals surface area contributed by atoms with E-state index in [-0.39, 0.29) is 0 Å². The van der Waals surface area contributed by atoms with Crippen LogP contribution in [0.2, 0.25) is 0 Å². The molecule has 0 spiro atoms. The van der Waals surface area contributed by atoms with Crippen LogP contribution >= 0.6 is 11.3 Å². The monoisotopic (exact) mass is 263 g/mol. The summed E-state index contributed by atoms with van der Waals surface area (Å²) in [6.07, 6.45) is 2.11. The zero-order valence-electron chi connectivity index (χ0n) is 11.7. The molecule has 2 aromatic heterocycles. The number of imidazole rings is 1. The summed E-state index contributed by atoms with van der Waals surface area (Å²) in [5.41, 5.74) is 2.44. The Labute approximate surface area is 113 Å². The normalized spacial score (nSPS) is 11.2. The molecule has 0 aliphatic heterocycles. The molecule has 0 unspecified atom stereocenters. The van der Waals surface area contributed by atoms with E-state index in [4.69, 9.17) is 0 Å². The largest absolute Gasteiger partial charge is 0.353 e. The molecule has 0 fully saturated rings. The first-order valence-corrected chi connectivity index (χ1v) is 7.13. The Morgan fingerprint density at radius 3 is 2.61 bits per heavy atom. The fourth-order valence-corrected chi connectivity index (χ4v) is 2.99. The standard InChI is InChI=1S/C14H21N3S/c1-9(2)15-14-16-11(4)7-17(14)8-13-6-10(3)12(5)18-13/h6-7,9H,8H2,1-5H3,(H,15,16). The fourth-order valence-electron chi connectivity index (χ4n) is 1.94. The van der Waals surface area contributed by atoms with Crippen LogP contribution in [-0.2, 0) is 6.54 Å². The number of aromatic nitrogens is 2. The van der Waals surface area contributed by atoms with E-state index in [2.05, 4.69) is 54.8 Å². The van der Waals surface area contributed by atoms with Gasteiger partial charge in [-0.2, -0.15) is 0 Å². The van der Waals surface area contributed by atoms with Gasteiger partial charge in [0.1, 0.15) is 0 Å². The third-order valence-corrected chi connectivity index (χ3v) is 4.00. The molecule has 1 N–H and O–H groups in total. The van der Waals surface area contributed by atoms with Gasteiger partial charge in [-0.1, -0.05) is 0 Å². The van der Waals surface area contributed by atoms with Crippen molar-refractivity contribution in [3.05, 3.63) is 33.3 Å². The van der Waals surface area contributed by atoms with Crippen molar-refractivity contribution in [3.63, 3.8) is 0 Å². The van der Waals surface area contributed by atoms with Crippen LogP contribution in [-0.4, -0.2) is 15.6 Å². The number of rotatable bonds is 4. The second kappa shape index (κ2) is 5.14. The molecule has 2 heterocycles. The van der Waals surface area contributed by atoms with Gasteiger partial charge in [0.25, 0.3) is 0 Å². The molecule has 4 heteroatoms. The molecule has 18 heavy (non-hydrogen) atoms. The lowest BCUT2D eigenvalue weighted by molar-refractivity contribution is 0.782. The van der Waals surface area contributed by atoms with Crippen LogP contribution in [0.15, 0.2) is 12.3 Å². The fraction of sp³-hybridized carbons (Fsp3) is 0.500. The van der Waals surface area contributed by atoms with Crippen LogP contribution in [0.4, 0.5) is 5.95 Å². The predicted molar refractivity (Wildman–Crippen MR) is 78.6 cm³/mol. The topological polar surface area (TPSA) is 29.9 Å². The Morgan fingerprint density at radius 2 is 2.06 bits per heavy atom. The molecule has 0 amide bonds. The van der Waals surface area contributed by atoms with Gasteiger partial charge in [0.2, 0.25) is 5.95 Å². The van der Waals surface area contributed by atoms with Gasteiger partial charge in [-0.15, -0.1) is 11.3 Å². The Morgan fingerprint density at radius 1 is 1.33 bits per heavy atom. The van der Waals surface area contributed by atoms with E-state index >= 15 is 0 Å². The van der Waals surface area contributed by atoms with E-state index in [0.29, 0.717) is 6.04 Å². The van der Waals surface area contributed by atoms with Crippen LogP contribution in [0.3, 0.4) is 0 Å². The molecule has 3 nitrogen and oxygen atoms in total. The predicted octanol–water partition coefficient (Wildman–Crippen LogP) is 3.74. The van der Waals surface area contributed by atoms with Gasteiger partial charge in [-0.3, -0.25) is 0 Å². The van der Waals surface area contributed by atoms with Crippen LogP contribution in [0.5, 0.6) is 0 Å². The molecule has 0 saturated carbocycles. The minimum atomic E-state index is 0.400. The second-order valence-electron chi connectivity index (χ2n) is 5.08. The number of anilines is 1. The van der Waals surface area contributed by atoms with Crippen molar-refractivity contribution in [2.45, 2.75) is 47.2 Å². The van der Waals surface area contributed by atoms with E-state index in [1.54, 1.807) is 0 Å². The van der Waals surface area contributed by atoms with Crippen molar-refractivity contribution in [3.8, 4) is 0 Å². The van der Waals surface area contributed by atoms with Crippen molar-refractivity contribution < 1.29 is 0 Å². The molecular weight excluding hydrogens is 242 g/mol. The molecule has 0 aliphatic rings. The molecule has 0 radical (unpaired) electrons. The lowest BCUT2D eigenvalue weighted by Crippen LogP contribution is -2.14. The summed E-state index contributed by atoms with van der Waals surface area (Å²) in [6, 6.07) is 2.67. The first-order valence-electron chi connectivity index (χ1n) is 6.32. The van der Waals surface area contributed by atoms with Gasteiger partial charge in [-0.05, 0) is 46.2 Å². The number of hydrogen-bond acceptors (Lipinski definition) is 3. The Balaban J connectivity index is 2.22. The average molecular weight is 263 g/mol. The van der Waals surface area contributed by atoms with Crippen LogP contribution in [0, 0.1) is 20.8 Å². The van der Waals surface area contributed by atoms with Crippen molar-refractivity contribution in [1.29, 1.82) is 0 Å². The van der Waals surface area contributed by atoms with E-state index in [1.807, 2.05) is 18.3 Å². The van der Waals surface area contributed by atoms with Crippen molar-refractivity contribution in [2.75, 3.05) is 5.32 Å². The van der Waals surface area contributed by atoms with Gasteiger partial charge in [0.15, 0.2) is 0 Å². The number of hydrogen-bond donors (Lipinski definition) is 1. The minimum absolute atomic E-state index is 0.400.